The van der Waals surface area contributed by atoms with E-state index in [1.807, 2.05) is 0 Å². The number of hydrogen-bond acceptors (Lipinski definition) is 7. The van der Waals surface area contributed by atoms with Crippen LogP contribution in [0.3, 0.4) is 0 Å². The first-order valence-electron chi connectivity index (χ1n) is 8.72. The highest BCUT2D eigenvalue weighted by Crippen LogP contribution is 2.29. The van der Waals surface area contributed by atoms with Gasteiger partial charge in [0.15, 0.2) is 5.69 Å². The molecule has 31 heavy (non-hydrogen) atoms. The largest absolute Gasteiger partial charge is 0.301 e. The topological polar surface area (TPSA) is 119 Å². The molecule has 156 valence electrons. The molecule has 0 unspecified atom stereocenters. The maximum Gasteiger partial charge on any atom is 0.301 e. The minimum absolute atomic E-state index is 0.0371. The molecule has 0 fully saturated rings. The van der Waals surface area contributed by atoms with Crippen LogP contribution >= 0.6 is 34.5 Å². The Morgan fingerprint density at radius 3 is 2.71 bits per heavy atom. The van der Waals surface area contributed by atoms with Crippen molar-refractivity contribution in [1.29, 1.82) is 0 Å². The fourth-order valence-electron chi connectivity index (χ4n) is 2.72. The average Bonchev–Trinajstić information content (AvgIpc) is 3.34. The minimum Gasteiger partial charge on any atom is -0.291 e. The fraction of sp³-hybridized carbons (Fsp3) is 0.0526. The third-order valence-corrected chi connectivity index (χ3v) is 5.81. The van der Waals surface area contributed by atoms with Gasteiger partial charge in [0.2, 0.25) is 5.13 Å². The van der Waals surface area contributed by atoms with Crippen molar-refractivity contribution >= 4 is 51.6 Å². The van der Waals surface area contributed by atoms with Crippen LogP contribution in [0.15, 0.2) is 62.9 Å². The zero-order chi connectivity index (χ0) is 22.1. The summed E-state index contributed by atoms with van der Waals surface area (Å²) in [5.41, 5.74) is 1.70. The number of H-pyrrole nitrogens is 1. The van der Waals surface area contributed by atoms with Crippen LogP contribution < -0.4 is 5.56 Å². The van der Waals surface area contributed by atoms with Crippen molar-refractivity contribution in [3.05, 3.63) is 84.1 Å². The van der Waals surface area contributed by atoms with E-state index in [9.17, 15) is 14.9 Å². The first-order chi connectivity index (χ1) is 14.8. The van der Waals surface area contributed by atoms with Crippen molar-refractivity contribution in [3.8, 4) is 16.4 Å². The van der Waals surface area contributed by atoms with Gasteiger partial charge in [-0.3, -0.25) is 20.0 Å². The minimum atomic E-state index is -0.471. The van der Waals surface area contributed by atoms with Crippen molar-refractivity contribution in [3.63, 3.8) is 0 Å². The number of halogens is 2. The number of nitro benzene ring substituents is 1. The van der Waals surface area contributed by atoms with Crippen LogP contribution in [0.5, 0.6) is 0 Å². The van der Waals surface area contributed by atoms with Crippen LogP contribution in [0, 0.1) is 17.0 Å². The summed E-state index contributed by atoms with van der Waals surface area (Å²) < 4.78 is 1.25. The SMILES string of the molecule is Cc1[nH]n(-c2nc(-c3cccc([N+](=O)[O-])c3)cs2)c(=O)c1N=Nc1ccc(Cl)c(Cl)c1. The molecular formula is C19H12Cl2N6O3S. The number of nitrogens with zero attached hydrogens (tertiary/aromatic N) is 5. The molecule has 1 N–H and O–H groups in total. The number of hydrogen-bond donors (Lipinski definition) is 1. The average molecular weight is 475 g/mol. The molecule has 0 saturated heterocycles. The Balaban J connectivity index is 1.66. The third-order valence-electron chi connectivity index (χ3n) is 4.25. The normalized spacial score (nSPS) is 11.3. The van der Waals surface area contributed by atoms with Crippen LogP contribution in [-0.4, -0.2) is 19.7 Å². The fourth-order valence-corrected chi connectivity index (χ4v) is 3.81. The van der Waals surface area contributed by atoms with E-state index in [4.69, 9.17) is 23.2 Å². The van der Waals surface area contributed by atoms with E-state index in [0.29, 0.717) is 37.8 Å². The number of benzene rings is 2. The second-order valence-corrected chi connectivity index (χ2v) is 8.00. The molecule has 0 aliphatic rings. The van der Waals surface area contributed by atoms with Gasteiger partial charge in [-0.15, -0.1) is 16.5 Å². The molecule has 12 heteroatoms. The predicted molar refractivity (Wildman–Crippen MR) is 120 cm³/mol. The molecule has 2 heterocycles. The summed E-state index contributed by atoms with van der Waals surface area (Å²) in [5.74, 6) is 0. The van der Waals surface area contributed by atoms with Crippen molar-refractivity contribution in [2.75, 3.05) is 0 Å². The summed E-state index contributed by atoms with van der Waals surface area (Å²) in [5, 5.41) is 24.8. The van der Waals surface area contributed by atoms with Gasteiger partial charge in [0.1, 0.15) is 0 Å². The monoisotopic (exact) mass is 474 g/mol. The zero-order valence-electron chi connectivity index (χ0n) is 15.7. The molecule has 0 saturated carbocycles. The third kappa shape index (κ3) is 4.26. The van der Waals surface area contributed by atoms with Crippen LogP contribution in [-0.2, 0) is 0 Å². The Bertz CT molecular complexity index is 1390. The number of rotatable bonds is 5. The number of non-ortho nitro benzene ring substituents is 1. The summed E-state index contributed by atoms with van der Waals surface area (Å²) in [6.45, 7) is 1.69. The summed E-state index contributed by atoms with van der Waals surface area (Å²) in [6, 6.07) is 10.9. The molecule has 0 aliphatic carbocycles. The van der Waals surface area contributed by atoms with Gasteiger partial charge >= 0.3 is 5.56 Å². The lowest BCUT2D eigenvalue weighted by molar-refractivity contribution is -0.384. The summed E-state index contributed by atoms with van der Waals surface area (Å²) in [7, 11) is 0. The zero-order valence-corrected chi connectivity index (χ0v) is 18.1. The Morgan fingerprint density at radius 2 is 1.97 bits per heavy atom. The van der Waals surface area contributed by atoms with Gasteiger partial charge in [-0.25, -0.2) is 4.98 Å². The maximum absolute atomic E-state index is 12.8. The molecule has 2 aromatic heterocycles. The van der Waals surface area contributed by atoms with Gasteiger partial charge in [0.25, 0.3) is 5.69 Å². The Kier molecular flexibility index (Phi) is 5.68. The van der Waals surface area contributed by atoms with Crippen molar-refractivity contribution in [1.82, 2.24) is 14.8 Å². The van der Waals surface area contributed by atoms with E-state index in [1.165, 1.54) is 28.2 Å². The quantitative estimate of drug-likeness (QED) is 0.209. The smallest absolute Gasteiger partial charge is 0.291 e. The van der Waals surface area contributed by atoms with Gasteiger partial charge in [-0.05, 0) is 25.1 Å². The van der Waals surface area contributed by atoms with E-state index in [1.54, 1.807) is 42.6 Å². The van der Waals surface area contributed by atoms with Crippen LogP contribution in [0.25, 0.3) is 16.4 Å². The standard InChI is InChI=1S/C19H12Cl2N6O3S/c1-10-17(24-23-12-5-6-14(20)15(21)8-12)18(28)26(25-10)19-22-16(9-31-19)11-3-2-4-13(7-11)27(29)30/h2-9,25H,1H3. The molecule has 4 rings (SSSR count). The summed E-state index contributed by atoms with van der Waals surface area (Å²) in [6.07, 6.45) is 0. The first kappa shape index (κ1) is 20.9. The molecule has 0 radical (unpaired) electrons. The van der Waals surface area contributed by atoms with Crippen molar-refractivity contribution < 1.29 is 4.92 Å². The van der Waals surface area contributed by atoms with Gasteiger partial charge in [-0.2, -0.15) is 9.80 Å². The van der Waals surface area contributed by atoms with E-state index >= 15 is 0 Å². The number of aromatic amines is 1. The second-order valence-electron chi connectivity index (χ2n) is 6.35. The summed E-state index contributed by atoms with van der Waals surface area (Å²) in [4.78, 5) is 27.8. The van der Waals surface area contributed by atoms with Gasteiger partial charge < -0.3 is 0 Å². The van der Waals surface area contributed by atoms with Gasteiger partial charge in [-0.1, -0.05) is 35.3 Å². The van der Waals surface area contributed by atoms with E-state index < -0.39 is 10.5 Å². The van der Waals surface area contributed by atoms with E-state index in [2.05, 4.69) is 20.3 Å². The van der Waals surface area contributed by atoms with Crippen molar-refractivity contribution in [2.45, 2.75) is 6.92 Å². The molecule has 0 bridgehead atoms. The highest BCUT2D eigenvalue weighted by molar-refractivity contribution is 7.12. The molecule has 9 nitrogen and oxygen atoms in total. The molecule has 0 amide bonds. The van der Waals surface area contributed by atoms with Crippen LogP contribution in [0.2, 0.25) is 10.0 Å². The highest BCUT2D eigenvalue weighted by atomic mass is 35.5. The molecule has 0 aliphatic heterocycles. The molecule has 4 aromatic rings. The van der Waals surface area contributed by atoms with E-state index in [-0.39, 0.29) is 11.4 Å². The van der Waals surface area contributed by atoms with E-state index in [0.717, 1.165) is 0 Å². The Morgan fingerprint density at radius 1 is 1.16 bits per heavy atom. The van der Waals surface area contributed by atoms with Crippen molar-refractivity contribution in [2.24, 2.45) is 10.2 Å². The lowest BCUT2D eigenvalue weighted by atomic mass is 10.1. The van der Waals surface area contributed by atoms with Crippen LogP contribution in [0.4, 0.5) is 17.1 Å². The van der Waals surface area contributed by atoms with Gasteiger partial charge in [0.05, 0.1) is 32.0 Å². The molecule has 0 spiro atoms. The maximum atomic E-state index is 12.8. The highest BCUT2D eigenvalue weighted by Gasteiger charge is 2.16. The number of aromatic nitrogens is 3. The second kappa shape index (κ2) is 8.42. The first-order valence-corrected chi connectivity index (χ1v) is 10.4. The lowest BCUT2D eigenvalue weighted by Crippen LogP contribution is -2.13. The van der Waals surface area contributed by atoms with Gasteiger partial charge in [0, 0.05) is 23.1 Å². The molecule has 0 atom stereocenters. The number of thiazole rings is 1. The molecular weight excluding hydrogens is 463 g/mol. The number of azo groups is 1. The number of nitrogens with one attached hydrogen (secondary N) is 1. The molecule has 2 aromatic carbocycles. The Labute approximate surface area is 188 Å². The number of nitro groups is 1. The summed E-state index contributed by atoms with van der Waals surface area (Å²) >= 11 is 13.1. The van der Waals surface area contributed by atoms with Crippen LogP contribution in [0.1, 0.15) is 5.69 Å². The Hall–Kier alpha value is -3.34. The number of aryl methyl sites for hydroxylation is 1. The predicted octanol–water partition coefficient (Wildman–Crippen LogP) is 6.23. The lowest BCUT2D eigenvalue weighted by Gasteiger charge is -1.97.